The maximum absolute atomic E-state index is 12.2. The van der Waals surface area contributed by atoms with E-state index in [0.29, 0.717) is 21.8 Å². The van der Waals surface area contributed by atoms with Gasteiger partial charge in [-0.3, -0.25) is 19.7 Å². The molecular formula is C19H15N3O7. The molecule has 1 aliphatic rings. The van der Waals surface area contributed by atoms with Gasteiger partial charge in [0.05, 0.1) is 4.92 Å². The molecule has 0 unspecified atom stereocenters. The Kier molecular flexibility index (Phi) is 5.54. The number of aliphatic carboxylic acids is 1. The van der Waals surface area contributed by atoms with Gasteiger partial charge in [0.1, 0.15) is 24.6 Å². The lowest BCUT2D eigenvalue weighted by molar-refractivity contribution is -0.384. The second-order valence-electron chi connectivity index (χ2n) is 6.02. The number of para-hydroxylation sites is 1. The standard InChI is InChI=1S/C19H15N3O7/c23-17(24)10-21-18(25)15(20-19(21)26)9-13-3-1-2-4-16(13)29-11-12-5-7-14(8-6-12)22(27)28/h1-9H,10-11H2,(H,20,26)(H,23,24)/b15-9+. The monoisotopic (exact) mass is 397 g/mol. The molecule has 0 aliphatic carbocycles. The number of non-ortho nitro benzene ring substituents is 1. The molecule has 0 radical (unpaired) electrons. The Morgan fingerprint density at radius 2 is 1.86 bits per heavy atom. The maximum atomic E-state index is 12.2. The fourth-order valence-electron chi connectivity index (χ4n) is 2.61. The molecule has 1 aliphatic heterocycles. The van der Waals surface area contributed by atoms with Crippen molar-refractivity contribution in [2.24, 2.45) is 0 Å². The average Bonchev–Trinajstić information content (AvgIpc) is 2.94. The molecule has 0 saturated carbocycles. The van der Waals surface area contributed by atoms with Gasteiger partial charge in [0.2, 0.25) is 0 Å². The highest BCUT2D eigenvalue weighted by Crippen LogP contribution is 2.24. The van der Waals surface area contributed by atoms with Gasteiger partial charge in [-0.25, -0.2) is 9.69 Å². The molecule has 1 fully saturated rings. The number of carbonyl (C=O) groups is 3. The van der Waals surface area contributed by atoms with E-state index in [0.717, 1.165) is 0 Å². The lowest BCUT2D eigenvalue weighted by Gasteiger charge is -2.10. The quantitative estimate of drug-likeness (QED) is 0.316. The van der Waals surface area contributed by atoms with Crippen LogP contribution < -0.4 is 10.1 Å². The van der Waals surface area contributed by atoms with Crippen LogP contribution in [0.5, 0.6) is 5.75 Å². The van der Waals surface area contributed by atoms with Gasteiger partial charge in [-0.05, 0) is 29.8 Å². The molecule has 1 saturated heterocycles. The second-order valence-corrected chi connectivity index (χ2v) is 6.02. The predicted octanol–water partition coefficient (Wildman–Crippen LogP) is 2.15. The van der Waals surface area contributed by atoms with Crippen molar-refractivity contribution in [1.29, 1.82) is 0 Å². The Balaban J connectivity index is 1.76. The molecule has 1 heterocycles. The van der Waals surface area contributed by atoms with Crippen molar-refractivity contribution < 1.29 is 29.2 Å². The summed E-state index contributed by atoms with van der Waals surface area (Å²) >= 11 is 0. The van der Waals surface area contributed by atoms with Gasteiger partial charge >= 0.3 is 12.0 Å². The van der Waals surface area contributed by atoms with Crippen LogP contribution in [0.1, 0.15) is 11.1 Å². The van der Waals surface area contributed by atoms with E-state index in [9.17, 15) is 24.5 Å². The SMILES string of the molecule is O=C(O)CN1C(=O)N/C(=C/c2ccccc2OCc2ccc([N+](=O)[O-])cc2)C1=O. The van der Waals surface area contributed by atoms with Crippen LogP contribution in [0.15, 0.2) is 54.2 Å². The van der Waals surface area contributed by atoms with Gasteiger partial charge in [-0.15, -0.1) is 0 Å². The number of benzene rings is 2. The minimum absolute atomic E-state index is 0.0275. The third-order valence-corrected chi connectivity index (χ3v) is 4.02. The number of nitro benzene ring substituents is 1. The Hall–Kier alpha value is -4.21. The van der Waals surface area contributed by atoms with Gasteiger partial charge in [0.25, 0.3) is 11.6 Å². The molecule has 0 aromatic heterocycles. The van der Waals surface area contributed by atoms with E-state index in [2.05, 4.69) is 5.32 Å². The van der Waals surface area contributed by atoms with Crippen LogP contribution in [0.25, 0.3) is 6.08 Å². The molecular weight excluding hydrogens is 382 g/mol. The molecule has 2 aromatic rings. The van der Waals surface area contributed by atoms with E-state index >= 15 is 0 Å². The minimum atomic E-state index is -1.30. The van der Waals surface area contributed by atoms with E-state index in [1.807, 2.05) is 0 Å². The fourth-order valence-corrected chi connectivity index (χ4v) is 2.61. The number of rotatable bonds is 7. The molecule has 0 atom stereocenters. The summed E-state index contributed by atoms with van der Waals surface area (Å²) in [6.45, 7) is -0.607. The number of imide groups is 1. The first-order valence-corrected chi connectivity index (χ1v) is 8.36. The van der Waals surface area contributed by atoms with Crippen LogP contribution in [0.2, 0.25) is 0 Å². The van der Waals surface area contributed by atoms with Crippen LogP contribution in [0, 0.1) is 10.1 Å². The van der Waals surface area contributed by atoms with Crippen molar-refractivity contribution in [2.45, 2.75) is 6.61 Å². The summed E-state index contributed by atoms with van der Waals surface area (Å²) in [5.74, 6) is -1.64. The first kappa shape index (κ1) is 19.5. The number of carboxylic acids is 1. The highest BCUT2D eigenvalue weighted by atomic mass is 16.6. The summed E-state index contributed by atoms with van der Waals surface area (Å²) in [5, 5.41) is 21.9. The van der Waals surface area contributed by atoms with Gasteiger partial charge in [0.15, 0.2) is 0 Å². The average molecular weight is 397 g/mol. The smallest absolute Gasteiger partial charge is 0.329 e. The van der Waals surface area contributed by atoms with Crippen molar-refractivity contribution in [3.63, 3.8) is 0 Å². The number of carbonyl (C=O) groups excluding carboxylic acids is 2. The molecule has 148 valence electrons. The summed E-state index contributed by atoms with van der Waals surface area (Å²) < 4.78 is 5.74. The van der Waals surface area contributed by atoms with Crippen LogP contribution in [0.3, 0.4) is 0 Å². The van der Waals surface area contributed by atoms with Crippen molar-refractivity contribution in [1.82, 2.24) is 10.2 Å². The zero-order chi connectivity index (χ0) is 21.0. The summed E-state index contributed by atoms with van der Waals surface area (Å²) in [7, 11) is 0. The number of hydrogen-bond donors (Lipinski definition) is 2. The second kappa shape index (κ2) is 8.21. The summed E-state index contributed by atoms with van der Waals surface area (Å²) in [6, 6.07) is 11.8. The van der Waals surface area contributed by atoms with Crippen LogP contribution >= 0.6 is 0 Å². The molecule has 10 heteroatoms. The molecule has 29 heavy (non-hydrogen) atoms. The summed E-state index contributed by atoms with van der Waals surface area (Å²) in [5.41, 5.74) is 1.11. The van der Waals surface area contributed by atoms with Crippen LogP contribution in [-0.4, -0.2) is 39.4 Å². The molecule has 3 rings (SSSR count). The van der Waals surface area contributed by atoms with Gasteiger partial charge in [0, 0.05) is 17.7 Å². The zero-order valence-electron chi connectivity index (χ0n) is 14.9. The summed E-state index contributed by atoms with van der Waals surface area (Å²) in [4.78, 5) is 45.6. The van der Waals surface area contributed by atoms with E-state index in [4.69, 9.17) is 9.84 Å². The number of hydrogen-bond acceptors (Lipinski definition) is 6. The number of carboxylic acid groups (broad SMARTS) is 1. The molecule has 2 aromatic carbocycles. The van der Waals surface area contributed by atoms with Crippen molar-refractivity contribution >= 4 is 29.7 Å². The third kappa shape index (κ3) is 4.56. The van der Waals surface area contributed by atoms with Gasteiger partial charge in [-0.1, -0.05) is 18.2 Å². The predicted molar refractivity (Wildman–Crippen MR) is 99.7 cm³/mol. The normalized spacial score (nSPS) is 14.8. The molecule has 10 nitrogen and oxygen atoms in total. The van der Waals surface area contributed by atoms with Crippen molar-refractivity contribution in [2.75, 3.05) is 6.54 Å². The fraction of sp³-hybridized carbons (Fsp3) is 0.105. The number of nitrogens with one attached hydrogen (secondary N) is 1. The Morgan fingerprint density at radius 1 is 1.17 bits per heavy atom. The van der Waals surface area contributed by atoms with Crippen molar-refractivity contribution in [3.8, 4) is 5.75 Å². The van der Waals surface area contributed by atoms with Crippen molar-refractivity contribution in [3.05, 3.63) is 75.5 Å². The number of nitrogens with zero attached hydrogens (tertiary/aromatic N) is 2. The van der Waals surface area contributed by atoms with Gasteiger partial charge in [-0.2, -0.15) is 0 Å². The number of ether oxygens (including phenoxy) is 1. The summed E-state index contributed by atoms with van der Waals surface area (Å²) in [6.07, 6.45) is 1.40. The van der Waals surface area contributed by atoms with E-state index in [1.165, 1.54) is 18.2 Å². The Bertz CT molecular complexity index is 1010. The zero-order valence-corrected chi connectivity index (χ0v) is 14.9. The largest absolute Gasteiger partial charge is 0.488 e. The van der Waals surface area contributed by atoms with Crippen LogP contribution in [0.4, 0.5) is 10.5 Å². The lowest BCUT2D eigenvalue weighted by Crippen LogP contribution is -2.35. The highest BCUT2D eigenvalue weighted by molar-refractivity contribution is 6.15. The van der Waals surface area contributed by atoms with Gasteiger partial charge < -0.3 is 15.2 Å². The molecule has 0 spiro atoms. The van der Waals surface area contributed by atoms with E-state index in [1.54, 1.807) is 36.4 Å². The highest BCUT2D eigenvalue weighted by Gasteiger charge is 2.35. The van der Waals surface area contributed by atoms with E-state index < -0.39 is 29.4 Å². The maximum Gasteiger partial charge on any atom is 0.329 e. The molecule has 0 bridgehead atoms. The lowest BCUT2D eigenvalue weighted by atomic mass is 10.1. The third-order valence-electron chi connectivity index (χ3n) is 4.02. The van der Waals surface area contributed by atoms with Crippen LogP contribution in [-0.2, 0) is 16.2 Å². The molecule has 3 amide bonds. The number of urea groups is 1. The molecule has 2 N–H and O–H groups in total. The Morgan fingerprint density at radius 3 is 2.52 bits per heavy atom. The van der Waals surface area contributed by atoms with E-state index in [-0.39, 0.29) is 18.0 Å². The Labute approximate surface area is 164 Å². The minimum Gasteiger partial charge on any atom is -0.488 e. The first-order valence-electron chi connectivity index (χ1n) is 8.36. The topological polar surface area (TPSA) is 139 Å². The number of nitro groups is 1. The first-order chi connectivity index (χ1) is 13.8. The number of amides is 3.